The standard InChI is InChI=1S/C30H43N5O3/c1-29(27(36)33-30(2)13-17-34-15-9-25(30)10-16-34)11-18-35(19-12-29)28-31-14-8-26(32-28)24-6-4-23(5-7-24)22-38-21-20-37-3/h4-8,14,25H,9-13,15-22H2,1-3H3,(H,33,36). The second-order valence-electron chi connectivity index (χ2n) is 11.8. The topological polar surface area (TPSA) is 79.8 Å². The van der Waals surface area contributed by atoms with E-state index in [-0.39, 0.29) is 16.9 Å². The number of benzene rings is 1. The largest absolute Gasteiger partial charge is 0.382 e. The van der Waals surface area contributed by atoms with Crippen LogP contribution in [0.15, 0.2) is 36.5 Å². The van der Waals surface area contributed by atoms with Crippen molar-refractivity contribution in [3.05, 3.63) is 42.1 Å². The molecule has 2 bridgehead atoms. The zero-order chi connectivity index (χ0) is 26.6. The maximum Gasteiger partial charge on any atom is 0.226 e. The van der Waals surface area contributed by atoms with Crippen LogP contribution in [-0.2, 0) is 20.9 Å². The number of amides is 1. The normalized spacial score (nSPS) is 26.7. The number of ether oxygens (including phenoxy) is 2. The van der Waals surface area contributed by atoms with E-state index < -0.39 is 0 Å². The van der Waals surface area contributed by atoms with Crippen molar-refractivity contribution < 1.29 is 14.3 Å². The zero-order valence-electron chi connectivity index (χ0n) is 23.2. The fourth-order valence-corrected chi connectivity index (χ4v) is 6.16. The van der Waals surface area contributed by atoms with Crippen LogP contribution in [0.25, 0.3) is 11.3 Å². The molecule has 1 unspecified atom stereocenters. The van der Waals surface area contributed by atoms with Crippen LogP contribution in [0.3, 0.4) is 0 Å². The molecule has 0 radical (unpaired) electrons. The smallest absolute Gasteiger partial charge is 0.226 e. The molecule has 1 aromatic carbocycles. The van der Waals surface area contributed by atoms with Crippen molar-refractivity contribution in [2.24, 2.45) is 11.3 Å². The first-order valence-corrected chi connectivity index (χ1v) is 14.2. The zero-order valence-corrected chi connectivity index (χ0v) is 23.2. The summed E-state index contributed by atoms with van der Waals surface area (Å²) in [6, 6.07) is 10.3. The van der Waals surface area contributed by atoms with Crippen molar-refractivity contribution in [2.75, 3.05) is 57.9 Å². The average Bonchev–Trinajstić information content (AvgIpc) is 3.20. The number of carbonyl (C=O) groups excluding carboxylic acids is 1. The Morgan fingerprint density at radius 1 is 1.00 bits per heavy atom. The van der Waals surface area contributed by atoms with Gasteiger partial charge in [0.1, 0.15) is 0 Å². The number of methoxy groups -OCH3 is 1. The molecule has 4 aliphatic heterocycles. The van der Waals surface area contributed by atoms with Gasteiger partial charge in [0.05, 0.1) is 25.5 Å². The number of carbonyl (C=O) groups is 1. The Hall–Kier alpha value is -2.55. The minimum atomic E-state index is -0.358. The predicted octanol–water partition coefficient (Wildman–Crippen LogP) is 3.90. The van der Waals surface area contributed by atoms with Crippen molar-refractivity contribution in [3.8, 4) is 11.3 Å². The van der Waals surface area contributed by atoms with Crippen LogP contribution in [-0.4, -0.2) is 79.4 Å². The number of nitrogens with zero attached hydrogens (tertiary/aromatic N) is 4. The Bertz CT molecular complexity index is 1080. The molecule has 1 atom stereocenters. The number of aromatic nitrogens is 2. The van der Waals surface area contributed by atoms with Gasteiger partial charge in [-0.2, -0.15) is 0 Å². The molecule has 6 rings (SSSR count). The van der Waals surface area contributed by atoms with Crippen LogP contribution >= 0.6 is 0 Å². The van der Waals surface area contributed by atoms with E-state index in [1.165, 1.54) is 25.9 Å². The highest BCUT2D eigenvalue weighted by molar-refractivity contribution is 5.83. The third kappa shape index (κ3) is 6.03. The Morgan fingerprint density at radius 3 is 2.45 bits per heavy atom. The second kappa shape index (κ2) is 11.7. The Kier molecular flexibility index (Phi) is 8.31. The van der Waals surface area contributed by atoms with Gasteiger partial charge in [-0.3, -0.25) is 4.79 Å². The molecule has 4 saturated heterocycles. The van der Waals surface area contributed by atoms with Crippen LogP contribution in [0.4, 0.5) is 5.95 Å². The van der Waals surface area contributed by atoms with E-state index in [0.29, 0.717) is 25.7 Å². The van der Waals surface area contributed by atoms with E-state index in [2.05, 4.69) is 58.2 Å². The van der Waals surface area contributed by atoms with Crippen LogP contribution in [0.1, 0.15) is 51.5 Å². The van der Waals surface area contributed by atoms with Gasteiger partial charge in [-0.15, -0.1) is 0 Å². The lowest BCUT2D eigenvalue weighted by molar-refractivity contribution is -0.134. The quantitative estimate of drug-likeness (QED) is 0.501. The van der Waals surface area contributed by atoms with Crippen LogP contribution in [0, 0.1) is 11.3 Å². The first-order chi connectivity index (χ1) is 18.4. The molecule has 1 amide bonds. The lowest BCUT2D eigenvalue weighted by atomic mass is 9.75. The van der Waals surface area contributed by atoms with Crippen LogP contribution in [0.5, 0.6) is 0 Å². The monoisotopic (exact) mass is 521 g/mol. The van der Waals surface area contributed by atoms with Gasteiger partial charge in [0, 0.05) is 49.5 Å². The highest BCUT2D eigenvalue weighted by atomic mass is 16.5. The fraction of sp³-hybridized carbons (Fsp3) is 0.633. The van der Waals surface area contributed by atoms with Gasteiger partial charge in [-0.05, 0) is 69.7 Å². The van der Waals surface area contributed by atoms with Crippen molar-refractivity contribution in [1.82, 2.24) is 20.2 Å². The maximum atomic E-state index is 13.6. The summed E-state index contributed by atoms with van der Waals surface area (Å²) in [5, 5.41) is 3.55. The highest BCUT2D eigenvalue weighted by Gasteiger charge is 2.45. The minimum Gasteiger partial charge on any atom is -0.382 e. The van der Waals surface area contributed by atoms with Gasteiger partial charge in [0.2, 0.25) is 11.9 Å². The molecule has 1 aromatic heterocycles. The Balaban J connectivity index is 1.18. The van der Waals surface area contributed by atoms with Crippen molar-refractivity contribution >= 4 is 11.9 Å². The molecule has 8 heteroatoms. The molecule has 2 aromatic rings. The predicted molar refractivity (Wildman–Crippen MR) is 149 cm³/mol. The second-order valence-corrected chi connectivity index (χ2v) is 11.8. The molecule has 4 fully saturated rings. The molecule has 4 aliphatic rings. The fourth-order valence-electron chi connectivity index (χ4n) is 6.16. The van der Waals surface area contributed by atoms with E-state index in [9.17, 15) is 4.79 Å². The highest BCUT2D eigenvalue weighted by Crippen LogP contribution is 2.38. The summed E-state index contributed by atoms with van der Waals surface area (Å²) in [6.45, 7) is 11.2. The molecule has 0 spiro atoms. The van der Waals surface area contributed by atoms with Gasteiger partial charge < -0.3 is 24.6 Å². The van der Waals surface area contributed by atoms with Crippen LogP contribution in [0.2, 0.25) is 0 Å². The maximum absolute atomic E-state index is 13.6. The number of fused-ring (bicyclic) bond motifs is 4. The Labute approximate surface area is 227 Å². The van der Waals surface area contributed by atoms with Gasteiger partial charge in [0.25, 0.3) is 0 Å². The molecule has 0 saturated carbocycles. The first-order valence-electron chi connectivity index (χ1n) is 14.2. The molecular weight excluding hydrogens is 478 g/mol. The van der Waals surface area contributed by atoms with Gasteiger partial charge in [0.15, 0.2) is 0 Å². The Morgan fingerprint density at radius 2 is 1.74 bits per heavy atom. The van der Waals surface area contributed by atoms with Gasteiger partial charge >= 0.3 is 0 Å². The molecule has 0 aliphatic carbocycles. The minimum absolute atomic E-state index is 0.0917. The number of nitrogens with one attached hydrogen (secondary N) is 1. The number of anilines is 1. The number of hydrogen-bond acceptors (Lipinski definition) is 7. The average molecular weight is 522 g/mol. The number of rotatable bonds is 9. The first kappa shape index (κ1) is 27.0. The van der Waals surface area contributed by atoms with E-state index in [4.69, 9.17) is 14.5 Å². The molecule has 1 N–H and O–H groups in total. The molecular formula is C30H43N5O3. The molecule has 5 heterocycles. The summed E-state index contributed by atoms with van der Waals surface area (Å²) in [6.07, 6.45) is 6.87. The third-order valence-corrected chi connectivity index (χ3v) is 9.13. The van der Waals surface area contributed by atoms with Crippen molar-refractivity contribution in [3.63, 3.8) is 0 Å². The van der Waals surface area contributed by atoms with Gasteiger partial charge in [-0.25, -0.2) is 9.97 Å². The summed E-state index contributed by atoms with van der Waals surface area (Å²) < 4.78 is 10.6. The van der Waals surface area contributed by atoms with E-state index in [0.717, 1.165) is 61.7 Å². The van der Waals surface area contributed by atoms with E-state index in [1.54, 1.807) is 7.11 Å². The van der Waals surface area contributed by atoms with E-state index in [1.807, 2.05) is 12.3 Å². The summed E-state index contributed by atoms with van der Waals surface area (Å²) in [7, 11) is 1.67. The van der Waals surface area contributed by atoms with Gasteiger partial charge in [-0.1, -0.05) is 31.2 Å². The van der Waals surface area contributed by atoms with E-state index >= 15 is 0 Å². The van der Waals surface area contributed by atoms with Crippen molar-refractivity contribution in [2.45, 2.75) is 58.1 Å². The molecule has 38 heavy (non-hydrogen) atoms. The lowest BCUT2D eigenvalue weighted by Gasteiger charge is -2.43. The SMILES string of the molecule is COCCOCc1ccc(-c2ccnc(N3CCC(C)(C(=O)NC4(C)CCN5CCC4CC5)CC3)n2)cc1. The van der Waals surface area contributed by atoms with Crippen molar-refractivity contribution in [1.29, 1.82) is 0 Å². The molecule has 206 valence electrons. The number of hydrogen-bond donors (Lipinski definition) is 1. The summed E-state index contributed by atoms with van der Waals surface area (Å²) >= 11 is 0. The molecule has 8 nitrogen and oxygen atoms in total. The lowest BCUT2D eigenvalue weighted by Crippen LogP contribution is -2.57. The summed E-state index contributed by atoms with van der Waals surface area (Å²) in [5.41, 5.74) is 2.63. The summed E-state index contributed by atoms with van der Waals surface area (Å²) in [4.78, 5) is 27.8. The summed E-state index contributed by atoms with van der Waals surface area (Å²) in [5.74, 6) is 1.54. The van der Waals surface area contributed by atoms with Crippen LogP contribution < -0.4 is 10.2 Å². The number of piperidine rings is 2. The third-order valence-electron chi connectivity index (χ3n) is 9.13.